The molecule has 2 rings (SSSR count). The van der Waals surface area contributed by atoms with Gasteiger partial charge in [0.05, 0.1) is 11.9 Å². The van der Waals surface area contributed by atoms with Crippen molar-refractivity contribution in [1.29, 1.82) is 0 Å². The minimum atomic E-state index is -0.805. The Morgan fingerprint density at radius 3 is 2.95 bits per heavy atom. The van der Waals surface area contributed by atoms with Crippen LogP contribution >= 0.6 is 11.6 Å². The molecule has 2 aromatic rings. The number of nitrogens with one attached hydrogen (secondary N) is 1. The summed E-state index contributed by atoms with van der Waals surface area (Å²) in [5.74, 6) is -0.805. The highest BCUT2D eigenvalue weighted by Crippen LogP contribution is 2.25. The molecule has 1 atom stereocenters. The largest absolute Gasteiger partial charge is 0.481 e. The average Bonchev–Trinajstić information content (AvgIpc) is 2.37. The van der Waals surface area contributed by atoms with E-state index in [2.05, 4.69) is 10.3 Å². The van der Waals surface area contributed by atoms with Crippen LogP contribution in [0.1, 0.15) is 19.8 Å². The van der Waals surface area contributed by atoms with Crippen LogP contribution in [0, 0.1) is 0 Å². The number of hydrogen-bond donors (Lipinski definition) is 2. The van der Waals surface area contributed by atoms with Crippen molar-refractivity contribution in [1.82, 2.24) is 4.98 Å². The molecule has 0 aliphatic heterocycles. The first kappa shape index (κ1) is 13.6. The molecule has 1 unspecified atom stereocenters. The van der Waals surface area contributed by atoms with Crippen molar-refractivity contribution < 1.29 is 9.90 Å². The van der Waals surface area contributed by atoms with Crippen LogP contribution < -0.4 is 5.32 Å². The summed E-state index contributed by atoms with van der Waals surface area (Å²) in [4.78, 5) is 15.1. The lowest BCUT2D eigenvalue weighted by molar-refractivity contribution is -0.137. The number of rotatable bonds is 5. The quantitative estimate of drug-likeness (QED) is 0.878. The molecule has 0 amide bonds. The van der Waals surface area contributed by atoms with E-state index >= 15 is 0 Å². The molecule has 1 heterocycles. The number of aromatic nitrogens is 1. The molecular formula is C14H15ClN2O2. The van der Waals surface area contributed by atoms with Crippen LogP contribution in [0.25, 0.3) is 10.9 Å². The third kappa shape index (κ3) is 3.35. The number of anilines is 1. The van der Waals surface area contributed by atoms with Crippen LogP contribution in [0.4, 0.5) is 5.69 Å². The molecule has 19 heavy (non-hydrogen) atoms. The number of pyridine rings is 1. The van der Waals surface area contributed by atoms with Crippen molar-refractivity contribution in [3.05, 3.63) is 35.5 Å². The van der Waals surface area contributed by atoms with Crippen molar-refractivity contribution in [3.63, 3.8) is 0 Å². The Labute approximate surface area is 116 Å². The number of carbonyl (C=O) groups is 1. The van der Waals surface area contributed by atoms with E-state index in [4.69, 9.17) is 16.7 Å². The zero-order valence-corrected chi connectivity index (χ0v) is 11.3. The van der Waals surface area contributed by atoms with Crippen molar-refractivity contribution in [2.24, 2.45) is 0 Å². The molecule has 0 spiro atoms. The predicted octanol–water partition coefficient (Wildman–Crippen LogP) is 3.55. The van der Waals surface area contributed by atoms with E-state index in [1.165, 1.54) is 0 Å². The fourth-order valence-electron chi connectivity index (χ4n) is 1.98. The molecule has 0 fully saturated rings. The predicted molar refractivity (Wildman–Crippen MR) is 76.7 cm³/mol. The summed E-state index contributed by atoms with van der Waals surface area (Å²) in [7, 11) is 0. The number of nitrogens with zero attached hydrogens (tertiary/aromatic N) is 1. The maximum Gasteiger partial charge on any atom is 0.305 e. The fraction of sp³-hybridized carbons (Fsp3) is 0.286. The summed E-state index contributed by atoms with van der Waals surface area (Å²) in [6, 6.07) is 7.23. The topological polar surface area (TPSA) is 62.2 Å². The van der Waals surface area contributed by atoms with Gasteiger partial charge in [-0.2, -0.15) is 0 Å². The maximum absolute atomic E-state index is 10.8. The van der Waals surface area contributed by atoms with E-state index in [1.54, 1.807) is 18.3 Å². The normalized spacial score (nSPS) is 12.3. The Kier molecular flexibility index (Phi) is 4.22. The maximum atomic E-state index is 10.8. The molecule has 0 aliphatic rings. The van der Waals surface area contributed by atoms with Crippen molar-refractivity contribution in [2.45, 2.75) is 25.8 Å². The molecule has 0 aliphatic carbocycles. The molecule has 0 bridgehead atoms. The van der Waals surface area contributed by atoms with Gasteiger partial charge in [0.15, 0.2) is 0 Å². The van der Waals surface area contributed by atoms with Gasteiger partial charge in [-0.15, -0.1) is 0 Å². The molecule has 100 valence electrons. The molecule has 4 nitrogen and oxygen atoms in total. The highest BCUT2D eigenvalue weighted by atomic mass is 35.5. The Hall–Kier alpha value is -1.81. The van der Waals surface area contributed by atoms with Crippen LogP contribution in [-0.4, -0.2) is 22.1 Å². The lowest BCUT2D eigenvalue weighted by atomic mass is 10.1. The first-order valence-corrected chi connectivity index (χ1v) is 6.50. The zero-order chi connectivity index (χ0) is 13.8. The summed E-state index contributed by atoms with van der Waals surface area (Å²) < 4.78 is 0. The number of carboxylic acid groups (broad SMARTS) is 1. The Bertz CT molecular complexity index is 601. The molecule has 1 aromatic carbocycles. The van der Waals surface area contributed by atoms with Gasteiger partial charge in [-0.05, 0) is 30.7 Å². The van der Waals surface area contributed by atoms with E-state index in [0.717, 1.165) is 23.0 Å². The second-order valence-corrected chi connectivity index (χ2v) is 4.80. The summed E-state index contributed by atoms with van der Waals surface area (Å²) in [6.07, 6.45) is 2.52. The van der Waals surface area contributed by atoms with Crippen molar-refractivity contribution in [2.75, 3.05) is 5.32 Å². The highest BCUT2D eigenvalue weighted by Gasteiger charge is 2.12. The lowest BCUT2D eigenvalue weighted by Gasteiger charge is -2.17. The van der Waals surface area contributed by atoms with Crippen LogP contribution in [0.15, 0.2) is 30.5 Å². The van der Waals surface area contributed by atoms with Crippen LogP contribution in [0.5, 0.6) is 0 Å². The third-order valence-electron chi connectivity index (χ3n) is 2.98. The lowest BCUT2D eigenvalue weighted by Crippen LogP contribution is -2.22. The van der Waals surface area contributed by atoms with E-state index in [9.17, 15) is 4.79 Å². The van der Waals surface area contributed by atoms with Gasteiger partial charge in [-0.3, -0.25) is 9.78 Å². The van der Waals surface area contributed by atoms with Gasteiger partial charge in [-0.1, -0.05) is 18.5 Å². The molecule has 0 saturated heterocycles. The standard InChI is InChI=1S/C14H15ClN2O2/c1-2-10(8-14(18)19)17-12-5-6-16-13-7-9(15)3-4-11(12)13/h3-7,10H,2,8H2,1H3,(H,16,17)(H,18,19). The minimum Gasteiger partial charge on any atom is -0.481 e. The van der Waals surface area contributed by atoms with Gasteiger partial charge < -0.3 is 10.4 Å². The van der Waals surface area contributed by atoms with Crippen LogP contribution in [0.2, 0.25) is 5.02 Å². The molecule has 5 heteroatoms. The van der Waals surface area contributed by atoms with Crippen molar-refractivity contribution in [3.8, 4) is 0 Å². The van der Waals surface area contributed by atoms with Gasteiger partial charge >= 0.3 is 5.97 Å². The third-order valence-corrected chi connectivity index (χ3v) is 3.21. The van der Waals surface area contributed by atoms with Crippen molar-refractivity contribution >= 4 is 34.2 Å². The molecule has 0 saturated carbocycles. The van der Waals surface area contributed by atoms with Gasteiger partial charge in [0.25, 0.3) is 0 Å². The highest BCUT2D eigenvalue weighted by molar-refractivity contribution is 6.31. The van der Waals surface area contributed by atoms with Gasteiger partial charge in [-0.25, -0.2) is 0 Å². The van der Waals surface area contributed by atoms with E-state index in [1.807, 2.05) is 19.1 Å². The number of benzene rings is 1. The minimum absolute atomic E-state index is 0.0912. The molecular weight excluding hydrogens is 264 g/mol. The number of halogens is 1. The van der Waals surface area contributed by atoms with E-state index in [-0.39, 0.29) is 12.5 Å². The first-order valence-electron chi connectivity index (χ1n) is 6.12. The second-order valence-electron chi connectivity index (χ2n) is 4.37. The van der Waals surface area contributed by atoms with Crippen LogP contribution in [-0.2, 0) is 4.79 Å². The zero-order valence-electron chi connectivity index (χ0n) is 10.6. The van der Waals surface area contributed by atoms with Gasteiger partial charge in [0, 0.05) is 28.3 Å². The summed E-state index contributed by atoms with van der Waals surface area (Å²) in [6.45, 7) is 1.96. The summed E-state index contributed by atoms with van der Waals surface area (Å²) >= 11 is 5.93. The number of aliphatic carboxylic acids is 1. The average molecular weight is 279 g/mol. The second kappa shape index (κ2) is 5.89. The number of hydrogen-bond acceptors (Lipinski definition) is 3. The Morgan fingerprint density at radius 2 is 2.26 bits per heavy atom. The molecule has 1 aromatic heterocycles. The number of carboxylic acids is 1. The van der Waals surface area contributed by atoms with E-state index in [0.29, 0.717) is 5.02 Å². The van der Waals surface area contributed by atoms with Crippen LogP contribution in [0.3, 0.4) is 0 Å². The number of fused-ring (bicyclic) bond motifs is 1. The Morgan fingerprint density at radius 1 is 1.47 bits per heavy atom. The molecule has 0 radical (unpaired) electrons. The molecule has 2 N–H and O–H groups in total. The summed E-state index contributed by atoms with van der Waals surface area (Å²) in [5, 5.41) is 13.7. The smallest absolute Gasteiger partial charge is 0.305 e. The first-order chi connectivity index (χ1) is 9.10. The summed E-state index contributed by atoms with van der Waals surface area (Å²) in [5.41, 5.74) is 1.68. The van der Waals surface area contributed by atoms with E-state index < -0.39 is 5.97 Å². The Balaban J connectivity index is 2.31. The monoisotopic (exact) mass is 278 g/mol. The SMILES string of the molecule is CCC(CC(=O)O)Nc1ccnc2cc(Cl)ccc12. The van der Waals surface area contributed by atoms with Gasteiger partial charge in [0.1, 0.15) is 0 Å². The van der Waals surface area contributed by atoms with Gasteiger partial charge in [0.2, 0.25) is 0 Å². The fourth-order valence-corrected chi connectivity index (χ4v) is 2.14.